The summed E-state index contributed by atoms with van der Waals surface area (Å²) in [5, 5.41) is 29.2. The number of fused-ring (bicyclic) bond motifs is 1. The minimum absolute atomic E-state index is 0.195. The van der Waals surface area contributed by atoms with Gasteiger partial charge in [-0.05, 0) is 79.7 Å². The molecule has 4 heterocycles. The number of rotatable bonds is 5. The third kappa shape index (κ3) is 4.61. The van der Waals surface area contributed by atoms with Gasteiger partial charge in [-0.1, -0.05) is 12.1 Å². The van der Waals surface area contributed by atoms with Gasteiger partial charge in [0.15, 0.2) is 5.65 Å². The average Bonchev–Trinajstić information content (AvgIpc) is 3.37. The second-order valence-electron chi connectivity index (χ2n) is 10.2. The summed E-state index contributed by atoms with van der Waals surface area (Å²) in [6.07, 6.45) is 11.1. The summed E-state index contributed by atoms with van der Waals surface area (Å²) < 4.78 is 0. The van der Waals surface area contributed by atoms with Crippen LogP contribution in [0.1, 0.15) is 61.5 Å². The number of nitrogens with zero attached hydrogens (tertiary/aromatic N) is 5. The Morgan fingerprint density at radius 1 is 0.946 bits per heavy atom. The van der Waals surface area contributed by atoms with Crippen LogP contribution >= 0.6 is 0 Å². The first kappa shape index (κ1) is 23.4. The lowest BCUT2D eigenvalue weighted by Gasteiger charge is -2.32. The molecule has 1 saturated heterocycles. The van der Waals surface area contributed by atoms with Gasteiger partial charge >= 0.3 is 5.97 Å². The van der Waals surface area contributed by atoms with Crippen molar-refractivity contribution in [3.8, 4) is 17.0 Å². The quantitative estimate of drug-likeness (QED) is 0.356. The first-order valence-corrected chi connectivity index (χ1v) is 13.0. The highest BCUT2D eigenvalue weighted by molar-refractivity contribution is 5.84. The van der Waals surface area contributed by atoms with Crippen LogP contribution in [0.3, 0.4) is 0 Å². The fourth-order valence-electron chi connectivity index (χ4n) is 5.87. The number of para-hydroxylation sites is 1. The van der Waals surface area contributed by atoms with Crippen LogP contribution in [0.2, 0.25) is 0 Å². The van der Waals surface area contributed by atoms with Crippen molar-refractivity contribution in [3.63, 3.8) is 0 Å². The van der Waals surface area contributed by atoms with Gasteiger partial charge in [0.05, 0.1) is 11.6 Å². The standard InChI is InChI=1S/C28H30N6O3/c35-25-4-2-1-3-21(25)24-13-22-23(16-29-26(22)33-32-24)18-9-11-34(12-10-18)28-30-14-20(15-31-28)17-5-7-19(8-6-17)27(36)37/h1-4,13-19,35H,5-12H2,(H,29,33)(H,36,37)/t17-,19+. The zero-order chi connectivity index (χ0) is 25.4. The number of aromatic hydroxyl groups is 1. The van der Waals surface area contributed by atoms with Crippen LogP contribution in [0.5, 0.6) is 5.75 Å². The Balaban J connectivity index is 1.12. The van der Waals surface area contributed by atoms with E-state index in [1.807, 2.05) is 36.8 Å². The number of phenolic OH excluding ortho intramolecular Hbond substituents is 1. The first-order valence-electron chi connectivity index (χ1n) is 13.0. The summed E-state index contributed by atoms with van der Waals surface area (Å²) in [5.41, 5.74) is 4.44. The fraction of sp³-hybridized carbons (Fsp3) is 0.393. The molecule has 4 aromatic rings. The molecule has 37 heavy (non-hydrogen) atoms. The van der Waals surface area contributed by atoms with Crippen LogP contribution < -0.4 is 4.90 Å². The van der Waals surface area contributed by atoms with Gasteiger partial charge < -0.3 is 20.1 Å². The Kier molecular flexibility index (Phi) is 6.20. The van der Waals surface area contributed by atoms with Gasteiger partial charge in [-0.3, -0.25) is 4.79 Å². The molecule has 6 rings (SSSR count). The maximum absolute atomic E-state index is 11.2. The molecule has 0 atom stereocenters. The third-order valence-electron chi connectivity index (χ3n) is 8.07. The number of carboxylic acids is 1. The van der Waals surface area contributed by atoms with Crippen molar-refractivity contribution in [2.24, 2.45) is 5.92 Å². The van der Waals surface area contributed by atoms with Crippen molar-refractivity contribution >= 4 is 23.0 Å². The van der Waals surface area contributed by atoms with E-state index in [-0.39, 0.29) is 11.7 Å². The normalized spacial score (nSPS) is 20.8. The summed E-state index contributed by atoms with van der Waals surface area (Å²) in [5.74, 6) is 0.802. The number of aliphatic carboxylic acids is 1. The minimum atomic E-state index is -0.676. The molecule has 0 amide bonds. The van der Waals surface area contributed by atoms with E-state index in [1.54, 1.807) is 12.1 Å². The van der Waals surface area contributed by atoms with Crippen LogP contribution in [0, 0.1) is 5.92 Å². The second kappa shape index (κ2) is 9.80. The Bertz CT molecular complexity index is 1400. The molecule has 3 N–H and O–H groups in total. The fourth-order valence-corrected chi connectivity index (χ4v) is 5.87. The van der Waals surface area contributed by atoms with Crippen molar-refractivity contribution < 1.29 is 15.0 Å². The highest BCUT2D eigenvalue weighted by atomic mass is 16.4. The number of phenols is 1. The predicted octanol–water partition coefficient (Wildman–Crippen LogP) is 4.86. The lowest BCUT2D eigenvalue weighted by molar-refractivity contribution is -0.142. The van der Waals surface area contributed by atoms with Gasteiger partial charge in [0, 0.05) is 42.6 Å². The Labute approximate surface area is 214 Å². The van der Waals surface area contributed by atoms with Gasteiger partial charge in [0.2, 0.25) is 5.95 Å². The number of hydrogen-bond donors (Lipinski definition) is 3. The molecular formula is C28H30N6O3. The molecule has 0 unspecified atom stereocenters. The largest absolute Gasteiger partial charge is 0.507 e. The van der Waals surface area contributed by atoms with Gasteiger partial charge in [-0.2, -0.15) is 0 Å². The van der Waals surface area contributed by atoms with Crippen LogP contribution in [0.25, 0.3) is 22.3 Å². The number of carboxylic acid groups (broad SMARTS) is 1. The minimum Gasteiger partial charge on any atom is -0.507 e. The maximum Gasteiger partial charge on any atom is 0.306 e. The lowest BCUT2D eigenvalue weighted by Crippen LogP contribution is -2.34. The molecule has 9 heteroatoms. The van der Waals surface area contributed by atoms with Crippen molar-refractivity contribution in [1.29, 1.82) is 0 Å². The van der Waals surface area contributed by atoms with E-state index < -0.39 is 5.97 Å². The maximum atomic E-state index is 11.2. The summed E-state index contributed by atoms with van der Waals surface area (Å²) in [6.45, 7) is 1.73. The smallest absolute Gasteiger partial charge is 0.306 e. The van der Waals surface area contributed by atoms with Gasteiger partial charge in [-0.15, -0.1) is 10.2 Å². The number of anilines is 1. The molecule has 1 aliphatic heterocycles. The molecule has 0 spiro atoms. The number of carbonyl (C=O) groups is 1. The zero-order valence-corrected chi connectivity index (χ0v) is 20.5. The molecule has 0 bridgehead atoms. The molecule has 1 aromatic carbocycles. The van der Waals surface area contributed by atoms with Gasteiger partial charge in [0.1, 0.15) is 5.75 Å². The monoisotopic (exact) mass is 498 g/mol. The predicted molar refractivity (Wildman–Crippen MR) is 140 cm³/mol. The second-order valence-corrected chi connectivity index (χ2v) is 10.2. The average molecular weight is 499 g/mol. The molecule has 3 aromatic heterocycles. The molecule has 2 fully saturated rings. The topological polar surface area (TPSA) is 128 Å². The molecule has 0 radical (unpaired) electrons. The number of aromatic nitrogens is 5. The summed E-state index contributed by atoms with van der Waals surface area (Å²) >= 11 is 0. The number of hydrogen-bond acceptors (Lipinski definition) is 7. The molecule has 2 aliphatic rings. The first-order chi connectivity index (χ1) is 18.1. The summed E-state index contributed by atoms with van der Waals surface area (Å²) in [6, 6.07) is 9.20. The van der Waals surface area contributed by atoms with E-state index in [2.05, 4.69) is 30.0 Å². The lowest BCUT2D eigenvalue weighted by atomic mass is 9.79. The van der Waals surface area contributed by atoms with E-state index in [9.17, 15) is 15.0 Å². The van der Waals surface area contributed by atoms with Gasteiger partial charge in [0.25, 0.3) is 0 Å². The number of piperidine rings is 1. The molecule has 1 saturated carbocycles. The van der Waals surface area contributed by atoms with Crippen LogP contribution in [0.4, 0.5) is 5.95 Å². The third-order valence-corrected chi connectivity index (χ3v) is 8.07. The highest BCUT2D eigenvalue weighted by Crippen LogP contribution is 2.37. The number of aromatic amines is 1. The summed E-state index contributed by atoms with van der Waals surface area (Å²) in [4.78, 5) is 26.1. The highest BCUT2D eigenvalue weighted by Gasteiger charge is 2.28. The van der Waals surface area contributed by atoms with Crippen molar-refractivity contribution in [2.75, 3.05) is 18.0 Å². The van der Waals surface area contributed by atoms with Crippen LogP contribution in [0.15, 0.2) is 48.9 Å². The molecule has 190 valence electrons. The van der Waals surface area contributed by atoms with Gasteiger partial charge in [-0.25, -0.2) is 9.97 Å². The van der Waals surface area contributed by atoms with Crippen molar-refractivity contribution in [3.05, 3.63) is 60.0 Å². The zero-order valence-electron chi connectivity index (χ0n) is 20.5. The van der Waals surface area contributed by atoms with E-state index in [4.69, 9.17) is 0 Å². The van der Waals surface area contributed by atoms with E-state index in [1.165, 1.54) is 5.56 Å². The molecule has 1 aliphatic carbocycles. The number of nitrogens with one attached hydrogen (secondary N) is 1. The SMILES string of the molecule is O=C(O)[C@H]1CC[C@@H](c2cnc(N3CCC(c4c[nH]c5nnc(-c6ccccc6O)cc45)CC3)nc2)CC1. The van der Waals surface area contributed by atoms with Crippen LogP contribution in [-0.4, -0.2) is 54.4 Å². The number of benzene rings is 1. The Hall–Kier alpha value is -4.01. The van der Waals surface area contributed by atoms with Crippen LogP contribution in [-0.2, 0) is 4.79 Å². The van der Waals surface area contributed by atoms with Crippen molar-refractivity contribution in [1.82, 2.24) is 25.1 Å². The van der Waals surface area contributed by atoms with E-state index in [0.717, 1.165) is 74.2 Å². The summed E-state index contributed by atoms with van der Waals surface area (Å²) in [7, 11) is 0. The van der Waals surface area contributed by atoms with E-state index in [0.29, 0.717) is 23.1 Å². The molecular weight excluding hydrogens is 468 g/mol. The molecule has 9 nitrogen and oxygen atoms in total. The Morgan fingerprint density at radius 2 is 1.68 bits per heavy atom. The Morgan fingerprint density at radius 3 is 2.38 bits per heavy atom. The number of H-pyrrole nitrogens is 1. The van der Waals surface area contributed by atoms with E-state index >= 15 is 0 Å². The van der Waals surface area contributed by atoms with Crippen molar-refractivity contribution in [2.45, 2.75) is 50.4 Å².